The molecule has 1 aromatic carbocycles. The Kier molecular flexibility index (Phi) is 4.92. The molecule has 0 N–H and O–H groups in total. The maximum absolute atomic E-state index is 13.0. The van der Waals surface area contributed by atoms with E-state index in [0.717, 1.165) is 4.90 Å². The molecule has 0 unspecified atom stereocenters. The van der Waals surface area contributed by atoms with E-state index in [2.05, 4.69) is 6.58 Å². The molecule has 0 aromatic heterocycles. The molecule has 3 rings (SSSR count). The Hall–Kier alpha value is -2.52. The van der Waals surface area contributed by atoms with Crippen LogP contribution >= 0.6 is 0 Å². The second-order valence-corrected chi connectivity index (χ2v) is 9.05. The Bertz CT molecular complexity index is 938. The predicted octanol–water partition coefficient (Wildman–Crippen LogP) is 0.575. The second-order valence-electron chi connectivity index (χ2n) is 6.82. The van der Waals surface area contributed by atoms with Crippen LogP contribution in [-0.2, 0) is 9.84 Å². The molecule has 9 heteroatoms. The van der Waals surface area contributed by atoms with Crippen molar-refractivity contribution >= 4 is 27.6 Å². The van der Waals surface area contributed by atoms with Gasteiger partial charge in [-0.2, -0.15) is 0 Å². The third-order valence-corrected chi connectivity index (χ3v) is 6.47. The third-order valence-electron chi connectivity index (χ3n) is 4.72. The van der Waals surface area contributed by atoms with Crippen molar-refractivity contribution in [1.82, 2.24) is 14.9 Å². The van der Waals surface area contributed by atoms with E-state index in [9.17, 15) is 22.8 Å². The minimum absolute atomic E-state index is 0.0446. The smallest absolute Gasteiger partial charge is 0.268 e. The van der Waals surface area contributed by atoms with Crippen molar-refractivity contribution < 1.29 is 22.8 Å². The molecule has 1 atom stereocenters. The van der Waals surface area contributed by atoms with E-state index >= 15 is 0 Å². The molecular weight excluding hydrogens is 370 g/mol. The summed E-state index contributed by atoms with van der Waals surface area (Å²) < 4.78 is 23.6. The van der Waals surface area contributed by atoms with Crippen LogP contribution in [0.1, 0.15) is 37.5 Å². The van der Waals surface area contributed by atoms with E-state index in [1.54, 1.807) is 19.1 Å². The normalized spacial score (nSPS) is 20.9. The summed E-state index contributed by atoms with van der Waals surface area (Å²) >= 11 is 0. The number of benzene rings is 1. The predicted molar refractivity (Wildman–Crippen MR) is 98.9 cm³/mol. The Morgan fingerprint density at radius 1 is 1.26 bits per heavy atom. The number of carbonyl (C=O) groups is 3. The summed E-state index contributed by atoms with van der Waals surface area (Å²) in [4.78, 5) is 38.9. The van der Waals surface area contributed by atoms with Crippen LogP contribution in [-0.4, -0.2) is 79.2 Å². The molecule has 1 saturated heterocycles. The van der Waals surface area contributed by atoms with E-state index < -0.39 is 33.6 Å². The monoisotopic (exact) mass is 391 g/mol. The molecule has 8 nitrogen and oxygen atoms in total. The van der Waals surface area contributed by atoms with Gasteiger partial charge in [0.2, 0.25) is 0 Å². The Balaban J connectivity index is 1.93. The van der Waals surface area contributed by atoms with Crippen LogP contribution in [0.4, 0.5) is 0 Å². The number of hydrogen-bond donors (Lipinski definition) is 0. The first-order valence-electron chi connectivity index (χ1n) is 8.48. The molecule has 0 radical (unpaired) electrons. The number of sulfone groups is 1. The van der Waals surface area contributed by atoms with Crippen molar-refractivity contribution in [3.05, 3.63) is 47.5 Å². The molecule has 2 aliphatic heterocycles. The number of hydrazine groups is 1. The Morgan fingerprint density at radius 2 is 1.93 bits per heavy atom. The van der Waals surface area contributed by atoms with Gasteiger partial charge < -0.3 is 0 Å². The maximum atomic E-state index is 13.0. The summed E-state index contributed by atoms with van der Waals surface area (Å²) in [5, 5.41) is 2.95. The second kappa shape index (κ2) is 6.90. The number of rotatable bonds is 5. The highest BCUT2D eigenvalue weighted by molar-refractivity contribution is 7.91. The number of imide groups is 1. The number of amides is 3. The first-order valence-corrected chi connectivity index (χ1v) is 10.3. The van der Waals surface area contributed by atoms with Gasteiger partial charge in [0, 0.05) is 26.2 Å². The quantitative estimate of drug-likeness (QED) is 0.414. The number of nitrogens with zero attached hydrogens (tertiary/aromatic N) is 3. The average molecular weight is 391 g/mol. The first-order chi connectivity index (χ1) is 12.7. The zero-order valence-electron chi connectivity index (χ0n) is 15.2. The number of carbonyl (C=O) groups excluding carboxylic acids is 3. The van der Waals surface area contributed by atoms with Crippen molar-refractivity contribution in [3.63, 3.8) is 0 Å². The van der Waals surface area contributed by atoms with Gasteiger partial charge in [-0.05, 0) is 24.6 Å². The number of hydrogen-bond acceptors (Lipinski definition) is 6. The molecule has 1 aromatic rings. The van der Waals surface area contributed by atoms with Gasteiger partial charge in [0.1, 0.15) is 0 Å². The third kappa shape index (κ3) is 3.40. The minimum atomic E-state index is -3.16. The highest BCUT2D eigenvalue weighted by Crippen LogP contribution is 2.26. The zero-order chi connectivity index (χ0) is 19.9. The van der Waals surface area contributed by atoms with Gasteiger partial charge in [0.05, 0.1) is 28.7 Å². The van der Waals surface area contributed by atoms with Gasteiger partial charge in [0.25, 0.3) is 17.7 Å². The van der Waals surface area contributed by atoms with Crippen LogP contribution in [0.3, 0.4) is 0 Å². The van der Waals surface area contributed by atoms with Gasteiger partial charge in [0.15, 0.2) is 9.84 Å². The van der Waals surface area contributed by atoms with Crippen LogP contribution < -0.4 is 0 Å². The van der Waals surface area contributed by atoms with E-state index in [0.29, 0.717) is 6.42 Å². The molecule has 27 heavy (non-hydrogen) atoms. The Labute approximate surface area is 157 Å². The van der Waals surface area contributed by atoms with E-state index in [-0.39, 0.29) is 34.7 Å². The summed E-state index contributed by atoms with van der Waals surface area (Å²) in [6.07, 6.45) is 1.82. The van der Waals surface area contributed by atoms with E-state index in [4.69, 9.17) is 0 Å². The lowest BCUT2D eigenvalue weighted by Gasteiger charge is -2.33. The highest BCUT2D eigenvalue weighted by Gasteiger charge is 2.38. The van der Waals surface area contributed by atoms with Crippen LogP contribution in [0.2, 0.25) is 0 Å². The Morgan fingerprint density at radius 3 is 2.48 bits per heavy atom. The molecule has 2 aliphatic rings. The topological polar surface area (TPSA) is 95.1 Å². The van der Waals surface area contributed by atoms with Gasteiger partial charge in [-0.25, -0.2) is 13.4 Å². The lowest BCUT2D eigenvalue weighted by Crippen LogP contribution is -2.49. The van der Waals surface area contributed by atoms with Crippen molar-refractivity contribution in [2.75, 3.05) is 32.1 Å². The highest BCUT2D eigenvalue weighted by atomic mass is 32.2. The zero-order valence-corrected chi connectivity index (χ0v) is 16.0. The summed E-state index contributed by atoms with van der Waals surface area (Å²) in [6.45, 7) is 3.64. The van der Waals surface area contributed by atoms with Crippen molar-refractivity contribution in [2.45, 2.75) is 12.5 Å². The fraction of sp³-hybridized carbons (Fsp3) is 0.389. The lowest BCUT2D eigenvalue weighted by molar-refractivity contribution is 0.00100. The van der Waals surface area contributed by atoms with Crippen molar-refractivity contribution in [1.29, 1.82) is 0 Å². The molecule has 144 valence electrons. The summed E-state index contributed by atoms with van der Waals surface area (Å²) in [7, 11) is 0.162. The van der Waals surface area contributed by atoms with Gasteiger partial charge in [-0.3, -0.25) is 24.3 Å². The van der Waals surface area contributed by atoms with Crippen molar-refractivity contribution in [3.8, 4) is 0 Å². The van der Waals surface area contributed by atoms with Crippen LogP contribution in [0.15, 0.2) is 30.9 Å². The van der Waals surface area contributed by atoms with Gasteiger partial charge in [-0.1, -0.05) is 6.08 Å². The van der Waals surface area contributed by atoms with E-state index in [1.807, 2.05) is 0 Å². The van der Waals surface area contributed by atoms with E-state index in [1.165, 1.54) is 29.3 Å². The molecule has 0 aliphatic carbocycles. The van der Waals surface area contributed by atoms with Crippen LogP contribution in [0.5, 0.6) is 0 Å². The standard InChI is InChI=1S/C18H21N3O5S/c1-4-8-20-17(23)14-6-5-12(10-15(14)18(20)24)16(22)21(19(2)3)13-7-9-27(25,26)11-13/h4-6,10,13H,1,7-9,11H2,2-3H3/t13-/m1/s1. The minimum Gasteiger partial charge on any atom is -0.270 e. The molecule has 0 bridgehead atoms. The fourth-order valence-corrected chi connectivity index (χ4v) is 5.19. The molecule has 2 heterocycles. The van der Waals surface area contributed by atoms with Crippen LogP contribution in [0, 0.1) is 0 Å². The summed E-state index contributed by atoms with van der Waals surface area (Å²) in [6, 6.07) is 3.90. The first kappa shape index (κ1) is 19.2. The molecule has 0 saturated carbocycles. The maximum Gasteiger partial charge on any atom is 0.268 e. The van der Waals surface area contributed by atoms with Crippen LogP contribution in [0.25, 0.3) is 0 Å². The van der Waals surface area contributed by atoms with Gasteiger partial charge in [-0.15, -0.1) is 6.58 Å². The van der Waals surface area contributed by atoms with Gasteiger partial charge >= 0.3 is 0 Å². The average Bonchev–Trinajstić information content (AvgIpc) is 3.07. The molecular formula is C18H21N3O5S. The fourth-order valence-electron chi connectivity index (χ4n) is 3.49. The number of fused-ring (bicyclic) bond motifs is 1. The van der Waals surface area contributed by atoms with Crippen molar-refractivity contribution in [2.24, 2.45) is 0 Å². The summed E-state index contributed by atoms with van der Waals surface area (Å²) in [5.41, 5.74) is 0.650. The molecule has 0 spiro atoms. The lowest BCUT2D eigenvalue weighted by atomic mass is 10.0. The molecule has 1 fully saturated rings. The largest absolute Gasteiger partial charge is 0.270 e. The molecule has 3 amide bonds. The summed E-state index contributed by atoms with van der Waals surface area (Å²) in [5.74, 6) is -1.34. The SMILES string of the molecule is C=CCN1C(=O)c2ccc(C(=O)N([C@@H]3CCS(=O)(=O)C3)N(C)C)cc2C1=O.